The minimum absolute atomic E-state index is 0.532. The summed E-state index contributed by atoms with van der Waals surface area (Å²) in [5.41, 5.74) is -1.64. The van der Waals surface area contributed by atoms with Gasteiger partial charge < -0.3 is 9.84 Å². The molecule has 0 atom stereocenters. The number of hydrogen-bond donors (Lipinski definition) is 3. The van der Waals surface area contributed by atoms with Crippen molar-refractivity contribution in [3.8, 4) is 0 Å². The Morgan fingerprint density at radius 2 is 2.00 bits per heavy atom. The van der Waals surface area contributed by atoms with Crippen molar-refractivity contribution in [1.29, 1.82) is 0 Å². The molecule has 12 heteroatoms. The number of aromatic carboxylic acids is 1. The first-order valence-corrected chi connectivity index (χ1v) is 6.55. The van der Waals surface area contributed by atoms with Crippen LogP contribution >= 0.6 is 0 Å². The third kappa shape index (κ3) is 4.31. The van der Waals surface area contributed by atoms with Crippen LogP contribution in [0.3, 0.4) is 0 Å². The third-order valence-corrected chi connectivity index (χ3v) is 3.02. The molecule has 0 heterocycles. The number of nitrogens with one attached hydrogen (secondary N) is 2. The number of benzene rings is 1. The molecule has 0 unspecified atom stereocenters. The van der Waals surface area contributed by atoms with Crippen LogP contribution in [0.5, 0.6) is 0 Å². The Morgan fingerprint density at radius 1 is 1.38 bits per heavy atom. The molecule has 21 heavy (non-hydrogen) atoms. The molecule has 1 rings (SSSR count). The molecule has 0 radical (unpaired) electrons. The molecule has 0 aromatic heterocycles. The van der Waals surface area contributed by atoms with Gasteiger partial charge in [0.25, 0.3) is 5.69 Å². The Balaban J connectivity index is 3.21. The summed E-state index contributed by atoms with van der Waals surface area (Å²) >= 11 is 0. The number of carbonyl (C=O) groups excluding carboxylic acids is 1. The summed E-state index contributed by atoms with van der Waals surface area (Å²) in [6.45, 7) is 0. The van der Waals surface area contributed by atoms with Gasteiger partial charge in [0.15, 0.2) is 0 Å². The van der Waals surface area contributed by atoms with Gasteiger partial charge in [0.05, 0.1) is 23.3 Å². The molecule has 0 saturated carbocycles. The molecular formula is C9H9N3O8S. The minimum atomic E-state index is -4.50. The smallest absolute Gasteiger partial charge is 0.422 e. The zero-order chi connectivity index (χ0) is 16.2. The number of carbonyl (C=O) groups is 2. The first-order valence-electron chi connectivity index (χ1n) is 5.06. The zero-order valence-corrected chi connectivity index (χ0v) is 11.2. The highest BCUT2D eigenvalue weighted by Gasteiger charge is 2.21. The molecule has 0 aliphatic carbocycles. The van der Waals surface area contributed by atoms with Crippen LogP contribution < -0.4 is 9.44 Å². The van der Waals surface area contributed by atoms with Gasteiger partial charge in [-0.3, -0.25) is 14.8 Å². The molecule has 1 aromatic carbocycles. The lowest BCUT2D eigenvalue weighted by atomic mass is 10.1. The van der Waals surface area contributed by atoms with E-state index in [0.717, 1.165) is 19.2 Å². The molecule has 0 spiro atoms. The summed E-state index contributed by atoms with van der Waals surface area (Å²) in [7, 11) is -3.59. The highest BCUT2D eigenvalue weighted by molar-refractivity contribution is 7.91. The van der Waals surface area contributed by atoms with E-state index in [1.165, 1.54) is 4.72 Å². The normalized spacial score (nSPS) is 10.5. The van der Waals surface area contributed by atoms with Crippen LogP contribution in [0.25, 0.3) is 0 Å². The average Bonchev–Trinajstić information content (AvgIpc) is 2.36. The van der Waals surface area contributed by atoms with Crippen LogP contribution in [0, 0.1) is 10.1 Å². The molecular weight excluding hydrogens is 310 g/mol. The van der Waals surface area contributed by atoms with Gasteiger partial charge in [0.2, 0.25) is 0 Å². The monoisotopic (exact) mass is 319 g/mol. The van der Waals surface area contributed by atoms with Crippen molar-refractivity contribution in [3.05, 3.63) is 33.9 Å². The van der Waals surface area contributed by atoms with Crippen molar-refractivity contribution in [3.63, 3.8) is 0 Å². The van der Waals surface area contributed by atoms with Gasteiger partial charge in [-0.05, 0) is 6.07 Å². The predicted molar refractivity (Wildman–Crippen MR) is 68.1 cm³/mol. The van der Waals surface area contributed by atoms with Crippen molar-refractivity contribution in [2.45, 2.75) is 0 Å². The number of methoxy groups -OCH3 is 1. The maximum atomic E-state index is 11.5. The fourth-order valence-electron chi connectivity index (χ4n) is 1.24. The van der Waals surface area contributed by atoms with E-state index in [2.05, 4.69) is 4.74 Å². The van der Waals surface area contributed by atoms with Crippen molar-refractivity contribution in [1.82, 2.24) is 4.72 Å². The summed E-state index contributed by atoms with van der Waals surface area (Å²) in [5, 5.41) is 19.5. The first kappa shape index (κ1) is 16.2. The zero-order valence-electron chi connectivity index (χ0n) is 10.4. The summed E-state index contributed by atoms with van der Waals surface area (Å²) in [6, 6.07) is 2.46. The highest BCUT2D eigenvalue weighted by Crippen LogP contribution is 2.23. The number of hydrogen-bond acceptors (Lipinski definition) is 7. The summed E-state index contributed by atoms with van der Waals surface area (Å²) in [5.74, 6) is -1.51. The van der Waals surface area contributed by atoms with E-state index in [4.69, 9.17) is 5.11 Å². The van der Waals surface area contributed by atoms with Gasteiger partial charge in [0, 0.05) is 12.1 Å². The minimum Gasteiger partial charge on any atom is -0.478 e. The van der Waals surface area contributed by atoms with Crippen molar-refractivity contribution >= 4 is 33.6 Å². The van der Waals surface area contributed by atoms with Crippen LogP contribution in [0.2, 0.25) is 0 Å². The largest absolute Gasteiger partial charge is 0.478 e. The molecule has 1 aromatic rings. The maximum Gasteiger partial charge on any atom is 0.422 e. The molecule has 0 aliphatic heterocycles. The lowest BCUT2D eigenvalue weighted by Gasteiger charge is -2.10. The number of anilines is 1. The van der Waals surface area contributed by atoms with Crippen LogP contribution in [-0.4, -0.2) is 37.6 Å². The van der Waals surface area contributed by atoms with Gasteiger partial charge in [-0.25, -0.2) is 14.3 Å². The molecule has 0 bridgehead atoms. The number of carboxylic acids is 1. The number of nitro groups is 1. The number of carboxylic acid groups (broad SMARTS) is 1. The Morgan fingerprint density at radius 3 is 2.48 bits per heavy atom. The van der Waals surface area contributed by atoms with E-state index in [1.54, 1.807) is 4.72 Å². The van der Waals surface area contributed by atoms with Crippen molar-refractivity contribution < 1.29 is 32.8 Å². The quantitative estimate of drug-likeness (QED) is 0.515. The Hall–Kier alpha value is -2.89. The standard InChI is InChI=1S/C9H9N3O8S/c1-20-9(15)11-21(18,19)10-7-4-5(12(16)17)2-3-6(7)8(13)14/h2-4,10H,1H3,(H,11,15)(H,13,14). The van der Waals surface area contributed by atoms with E-state index >= 15 is 0 Å². The van der Waals surface area contributed by atoms with Crippen molar-refractivity contribution in [2.24, 2.45) is 0 Å². The van der Waals surface area contributed by atoms with Gasteiger partial charge in [-0.1, -0.05) is 0 Å². The molecule has 3 N–H and O–H groups in total. The van der Waals surface area contributed by atoms with Crippen molar-refractivity contribution in [2.75, 3.05) is 11.8 Å². The predicted octanol–water partition coefficient (Wildman–Crippen LogP) is 0.306. The van der Waals surface area contributed by atoms with Gasteiger partial charge in [0.1, 0.15) is 0 Å². The lowest BCUT2D eigenvalue weighted by Crippen LogP contribution is -2.35. The third-order valence-electron chi connectivity index (χ3n) is 2.09. The number of non-ortho nitro benzene ring substituents is 1. The second-order valence-electron chi connectivity index (χ2n) is 3.49. The number of ether oxygens (including phenoxy) is 1. The van der Waals surface area contributed by atoms with Gasteiger partial charge in [-0.2, -0.15) is 8.42 Å². The maximum absolute atomic E-state index is 11.5. The van der Waals surface area contributed by atoms with E-state index < -0.39 is 44.1 Å². The SMILES string of the molecule is COC(=O)NS(=O)(=O)Nc1cc([N+](=O)[O-])ccc1C(=O)O. The van der Waals surface area contributed by atoms with E-state index in [9.17, 15) is 28.1 Å². The lowest BCUT2D eigenvalue weighted by molar-refractivity contribution is -0.384. The number of nitrogens with zero attached hydrogens (tertiary/aromatic N) is 1. The first-order chi connectivity index (χ1) is 9.66. The van der Waals surface area contributed by atoms with E-state index in [0.29, 0.717) is 6.07 Å². The molecule has 0 saturated heterocycles. The number of rotatable bonds is 5. The molecule has 1 amide bonds. The topological polar surface area (TPSA) is 165 Å². The fourth-order valence-corrected chi connectivity index (χ4v) is 2.05. The fraction of sp³-hybridized carbons (Fsp3) is 0.111. The van der Waals surface area contributed by atoms with Gasteiger partial charge in [-0.15, -0.1) is 0 Å². The van der Waals surface area contributed by atoms with Crippen LogP contribution in [-0.2, 0) is 14.9 Å². The molecule has 0 aliphatic rings. The second kappa shape index (κ2) is 6.04. The summed E-state index contributed by atoms with van der Waals surface area (Å²) < 4.78 is 30.3. The van der Waals surface area contributed by atoms with E-state index in [-0.39, 0.29) is 0 Å². The number of nitro benzene ring substituents is 1. The van der Waals surface area contributed by atoms with Crippen LogP contribution in [0.4, 0.5) is 16.2 Å². The van der Waals surface area contributed by atoms with Crippen LogP contribution in [0.15, 0.2) is 18.2 Å². The Labute approximate surface area is 117 Å². The van der Waals surface area contributed by atoms with Crippen LogP contribution in [0.1, 0.15) is 10.4 Å². The summed E-state index contributed by atoms with van der Waals surface area (Å²) in [6.07, 6.45) is -1.31. The Bertz CT molecular complexity index is 699. The number of amides is 1. The summed E-state index contributed by atoms with van der Waals surface area (Å²) in [4.78, 5) is 31.6. The molecule has 11 nitrogen and oxygen atoms in total. The highest BCUT2D eigenvalue weighted by atomic mass is 32.2. The second-order valence-corrected chi connectivity index (χ2v) is 4.91. The molecule has 0 fully saturated rings. The van der Waals surface area contributed by atoms with E-state index in [1.807, 2.05) is 0 Å². The average molecular weight is 319 g/mol. The van der Waals surface area contributed by atoms with Gasteiger partial charge >= 0.3 is 22.3 Å². The Kier molecular flexibility index (Phi) is 4.65. The molecule has 114 valence electrons.